The Kier molecular flexibility index (Phi) is 5.53. The third-order valence-corrected chi connectivity index (χ3v) is 3.41. The van der Waals surface area contributed by atoms with Crippen LogP contribution in [-0.2, 0) is 0 Å². The highest BCUT2D eigenvalue weighted by atomic mass is 32.1. The average Bonchev–Trinajstić information content (AvgIpc) is 2.69. The van der Waals surface area contributed by atoms with E-state index in [0.717, 1.165) is 17.2 Å². The van der Waals surface area contributed by atoms with Crippen molar-refractivity contribution >= 4 is 17.2 Å². The third-order valence-electron chi connectivity index (χ3n) is 2.54. The minimum Gasteiger partial charge on any atom is -0.349 e. The summed E-state index contributed by atoms with van der Waals surface area (Å²) in [6.45, 7) is 6.54. The number of nitrogens with one attached hydrogen (secondary N) is 1. The summed E-state index contributed by atoms with van der Waals surface area (Å²) >= 11 is 1.49. The first kappa shape index (κ1) is 13.2. The molecule has 1 N–H and O–H groups in total. The van der Waals surface area contributed by atoms with Gasteiger partial charge in [-0.2, -0.15) is 0 Å². The minimum atomic E-state index is 0.0621. The second-order valence-electron chi connectivity index (χ2n) is 4.68. The van der Waals surface area contributed by atoms with Crippen LogP contribution in [0.15, 0.2) is 17.5 Å². The highest BCUT2D eigenvalue weighted by Crippen LogP contribution is 2.11. The molecule has 0 aliphatic rings. The molecule has 0 spiro atoms. The number of hydrogen-bond donors (Lipinski definition) is 1. The first-order valence-electron chi connectivity index (χ1n) is 5.94. The van der Waals surface area contributed by atoms with E-state index < -0.39 is 0 Å². The molecular formula is C13H21NOS. The van der Waals surface area contributed by atoms with Crippen molar-refractivity contribution in [1.29, 1.82) is 0 Å². The van der Waals surface area contributed by atoms with Crippen molar-refractivity contribution in [2.45, 2.75) is 46.1 Å². The van der Waals surface area contributed by atoms with Gasteiger partial charge < -0.3 is 5.32 Å². The number of carbonyl (C=O) groups is 1. The molecule has 16 heavy (non-hydrogen) atoms. The van der Waals surface area contributed by atoms with Crippen molar-refractivity contribution in [3.05, 3.63) is 22.4 Å². The molecule has 0 fully saturated rings. The van der Waals surface area contributed by atoms with Gasteiger partial charge in [-0.1, -0.05) is 32.8 Å². The van der Waals surface area contributed by atoms with E-state index in [9.17, 15) is 4.79 Å². The smallest absolute Gasteiger partial charge is 0.261 e. The highest BCUT2D eigenvalue weighted by molar-refractivity contribution is 7.12. The van der Waals surface area contributed by atoms with Crippen LogP contribution in [0, 0.1) is 5.92 Å². The van der Waals surface area contributed by atoms with E-state index in [1.165, 1.54) is 24.2 Å². The van der Waals surface area contributed by atoms with Crippen molar-refractivity contribution in [3.8, 4) is 0 Å². The third kappa shape index (κ3) is 4.79. The van der Waals surface area contributed by atoms with E-state index in [0.29, 0.717) is 0 Å². The van der Waals surface area contributed by atoms with E-state index in [1.807, 2.05) is 17.5 Å². The first-order chi connectivity index (χ1) is 7.59. The zero-order valence-electron chi connectivity index (χ0n) is 10.3. The standard InChI is InChI=1S/C13H21NOS/c1-10(2)6-4-7-11(3)14-13(15)12-8-5-9-16-12/h5,8-11H,4,6-7H2,1-3H3,(H,14,15)/t11-/m0/s1. The monoisotopic (exact) mass is 239 g/mol. The van der Waals surface area contributed by atoms with Gasteiger partial charge >= 0.3 is 0 Å². The lowest BCUT2D eigenvalue weighted by Crippen LogP contribution is -2.31. The van der Waals surface area contributed by atoms with Gasteiger partial charge in [0, 0.05) is 6.04 Å². The van der Waals surface area contributed by atoms with E-state index in [1.54, 1.807) is 0 Å². The summed E-state index contributed by atoms with van der Waals surface area (Å²) in [6.07, 6.45) is 3.48. The van der Waals surface area contributed by atoms with E-state index >= 15 is 0 Å². The molecule has 1 rings (SSSR count). The SMILES string of the molecule is CC(C)CCC[C@H](C)NC(=O)c1cccs1. The number of rotatable bonds is 6. The summed E-state index contributed by atoms with van der Waals surface area (Å²) in [5.74, 6) is 0.812. The van der Waals surface area contributed by atoms with Gasteiger partial charge in [0.15, 0.2) is 0 Å². The van der Waals surface area contributed by atoms with Gasteiger partial charge in [-0.3, -0.25) is 4.79 Å². The molecule has 1 aromatic rings. The van der Waals surface area contributed by atoms with E-state index in [-0.39, 0.29) is 11.9 Å². The number of hydrogen-bond acceptors (Lipinski definition) is 2. The van der Waals surface area contributed by atoms with E-state index in [2.05, 4.69) is 26.1 Å². The van der Waals surface area contributed by atoms with Gasteiger partial charge in [0.25, 0.3) is 5.91 Å². The Labute approximate surface area is 102 Å². The van der Waals surface area contributed by atoms with Crippen LogP contribution >= 0.6 is 11.3 Å². The molecule has 1 heterocycles. The van der Waals surface area contributed by atoms with Gasteiger partial charge in [-0.15, -0.1) is 11.3 Å². The predicted octanol–water partition coefficient (Wildman–Crippen LogP) is 3.69. The molecular weight excluding hydrogens is 218 g/mol. The first-order valence-corrected chi connectivity index (χ1v) is 6.82. The predicted molar refractivity (Wildman–Crippen MR) is 69.9 cm³/mol. The Morgan fingerprint density at radius 2 is 2.12 bits per heavy atom. The molecule has 0 saturated carbocycles. The van der Waals surface area contributed by atoms with Crippen LogP contribution in [0.25, 0.3) is 0 Å². The fraction of sp³-hybridized carbons (Fsp3) is 0.615. The fourth-order valence-electron chi connectivity index (χ4n) is 1.61. The topological polar surface area (TPSA) is 29.1 Å². The van der Waals surface area contributed by atoms with Crippen LogP contribution in [0.5, 0.6) is 0 Å². The highest BCUT2D eigenvalue weighted by Gasteiger charge is 2.10. The molecule has 1 atom stereocenters. The summed E-state index contributed by atoms with van der Waals surface area (Å²) in [5, 5.41) is 4.96. The molecule has 0 aliphatic carbocycles. The lowest BCUT2D eigenvalue weighted by atomic mass is 10.0. The van der Waals surface area contributed by atoms with E-state index in [4.69, 9.17) is 0 Å². The van der Waals surface area contributed by atoms with Crippen molar-refractivity contribution in [2.75, 3.05) is 0 Å². The van der Waals surface area contributed by atoms with Crippen LogP contribution in [-0.4, -0.2) is 11.9 Å². The molecule has 90 valence electrons. The zero-order valence-corrected chi connectivity index (χ0v) is 11.1. The number of amides is 1. The molecule has 0 saturated heterocycles. The molecule has 0 bridgehead atoms. The maximum atomic E-state index is 11.7. The average molecular weight is 239 g/mol. The minimum absolute atomic E-state index is 0.0621. The van der Waals surface area contributed by atoms with Gasteiger partial charge in [-0.25, -0.2) is 0 Å². The van der Waals surface area contributed by atoms with Crippen molar-refractivity contribution < 1.29 is 4.79 Å². The molecule has 1 aromatic heterocycles. The summed E-state index contributed by atoms with van der Waals surface area (Å²) < 4.78 is 0. The summed E-state index contributed by atoms with van der Waals surface area (Å²) in [5.41, 5.74) is 0. The molecule has 0 unspecified atom stereocenters. The van der Waals surface area contributed by atoms with Crippen molar-refractivity contribution in [1.82, 2.24) is 5.32 Å². The second-order valence-corrected chi connectivity index (χ2v) is 5.62. The molecule has 3 heteroatoms. The Bertz CT molecular complexity index is 306. The largest absolute Gasteiger partial charge is 0.349 e. The normalized spacial score (nSPS) is 12.8. The van der Waals surface area contributed by atoms with Gasteiger partial charge in [0.2, 0.25) is 0 Å². The lowest BCUT2D eigenvalue weighted by Gasteiger charge is -2.13. The number of thiophene rings is 1. The molecule has 0 aliphatic heterocycles. The van der Waals surface area contributed by atoms with Crippen LogP contribution in [0.4, 0.5) is 0 Å². The van der Waals surface area contributed by atoms with Crippen molar-refractivity contribution in [2.24, 2.45) is 5.92 Å². The Morgan fingerprint density at radius 1 is 1.38 bits per heavy atom. The van der Waals surface area contributed by atoms with Gasteiger partial charge in [0.1, 0.15) is 0 Å². The Morgan fingerprint density at radius 3 is 2.69 bits per heavy atom. The molecule has 0 radical (unpaired) electrons. The van der Waals surface area contributed by atoms with Crippen molar-refractivity contribution in [3.63, 3.8) is 0 Å². The molecule has 2 nitrogen and oxygen atoms in total. The molecule has 0 aromatic carbocycles. The maximum Gasteiger partial charge on any atom is 0.261 e. The quantitative estimate of drug-likeness (QED) is 0.806. The second kappa shape index (κ2) is 6.69. The van der Waals surface area contributed by atoms with Crippen LogP contribution in [0.3, 0.4) is 0 Å². The fourth-order valence-corrected chi connectivity index (χ4v) is 2.23. The van der Waals surface area contributed by atoms with Crippen LogP contribution in [0.2, 0.25) is 0 Å². The zero-order chi connectivity index (χ0) is 12.0. The van der Waals surface area contributed by atoms with Gasteiger partial charge in [-0.05, 0) is 30.7 Å². The Hall–Kier alpha value is -0.830. The summed E-state index contributed by atoms with van der Waals surface area (Å²) in [6, 6.07) is 4.04. The Balaban J connectivity index is 2.24. The van der Waals surface area contributed by atoms with Crippen LogP contribution < -0.4 is 5.32 Å². The van der Waals surface area contributed by atoms with Crippen LogP contribution in [0.1, 0.15) is 49.7 Å². The number of carbonyl (C=O) groups excluding carboxylic acids is 1. The van der Waals surface area contributed by atoms with Gasteiger partial charge in [0.05, 0.1) is 4.88 Å². The summed E-state index contributed by atoms with van der Waals surface area (Å²) in [4.78, 5) is 12.5. The summed E-state index contributed by atoms with van der Waals surface area (Å²) in [7, 11) is 0. The maximum absolute atomic E-state index is 11.7. The molecule has 1 amide bonds. The lowest BCUT2D eigenvalue weighted by molar-refractivity contribution is 0.0942.